The lowest BCUT2D eigenvalue weighted by molar-refractivity contribution is 0.176. The average Bonchev–Trinajstić information content (AvgIpc) is 3.00. The topological polar surface area (TPSA) is 59.0 Å². The number of nitrogens with zero attached hydrogens (tertiary/aromatic N) is 2. The van der Waals surface area contributed by atoms with E-state index in [-0.39, 0.29) is 16.5 Å². The van der Waals surface area contributed by atoms with E-state index in [0.717, 1.165) is 18.5 Å². The fourth-order valence-electron chi connectivity index (χ4n) is 4.79. The van der Waals surface area contributed by atoms with E-state index in [4.69, 9.17) is 4.74 Å². The van der Waals surface area contributed by atoms with Crippen LogP contribution < -0.4 is 0 Å². The lowest BCUT2D eigenvalue weighted by Crippen LogP contribution is -2.39. The molecule has 3 fully saturated rings. The Bertz CT molecular complexity index is 794. The van der Waals surface area contributed by atoms with Crippen molar-refractivity contribution in [3.05, 3.63) is 29.8 Å². The summed E-state index contributed by atoms with van der Waals surface area (Å²) in [4.78, 5) is 2.33. The van der Waals surface area contributed by atoms with Gasteiger partial charge in [0.25, 0.3) is 10.0 Å². The summed E-state index contributed by atoms with van der Waals surface area (Å²) in [6.45, 7) is 5.50. The summed E-state index contributed by atoms with van der Waals surface area (Å²) in [5.74, 6) is 0. The Kier molecular flexibility index (Phi) is 3.87. The van der Waals surface area contributed by atoms with Gasteiger partial charge in [-0.25, -0.2) is 0 Å². The second-order valence-corrected chi connectivity index (χ2v) is 9.88. The first kappa shape index (κ1) is 16.9. The molecule has 0 radical (unpaired) electrons. The maximum absolute atomic E-state index is 12.7. The summed E-state index contributed by atoms with van der Waals surface area (Å²) in [5, 5.41) is 0. The van der Waals surface area contributed by atoms with Gasteiger partial charge < -0.3 is 9.64 Å². The monoisotopic (exact) mass is 362 g/mol. The lowest BCUT2D eigenvalue weighted by Gasteiger charge is -2.33. The van der Waals surface area contributed by atoms with Crippen molar-refractivity contribution < 1.29 is 13.2 Å². The van der Waals surface area contributed by atoms with E-state index in [1.54, 1.807) is 24.3 Å². The van der Waals surface area contributed by atoms with Crippen molar-refractivity contribution >= 4 is 16.0 Å². The number of sulfonamides is 1. The van der Waals surface area contributed by atoms with Crippen LogP contribution in [0, 0.1) is 12.3 Å². The summed E-state index contributed by atoms with van der Waals surface area (Å²) in [5.41, 5.74) is 1.21. The molecule has 136 valence electrons. The van der Waals surface area contributed by atoms with Crippen LogP contribution in [0.1, 0.15) is 51.0 Å². The number of fused-ring (bicyclic) bond motifs is 1. The summed E-state index contributed by atoms with van der Waals surface area (Å²) in [7, 11) is -3.75. The number of ether oxygens (including phenoxy) is 1. The van der Waals surface area contributed by atoms with E-state index in [0.29, 0.717) is 12.0 Å². The standard InChI is InChI=1S/C19H26N2O3S/c1-15-6-8-16(9-7-15)25(22,23)20-17-21-13-19(10-4-3-5-11-19)12-18(21,2)14-24-17/h6-9H,3-5,10-14H2,1-2H3/b20-17+. The molecule has 0 amide bonds. The molecule has 1 saturated carbocycles. The molecule has 2 saturated heterocycles. The van der Waals surface area contributed by atoms with Crippen LogP contribution in [0.5, 0.6) is 0 Å². The third-order valence-electron chi connectivity index (χ3n) is 6.08. The molecule has 1 aromatic carbocycles. The van der Waals surface area contributed by atoms with Crippen LogP contribution >= 0.6 is 0 Å². The maximum Gasteiger partial charge on any atom is 0.304 e. The molecule has 1 atom stereocenters. The van der Waals surface area contributed by atoms with Gasteiger partial charge in [-0.1, -0.05) is 37.0 Å². The molecule has 6 heteroatoms. The first-order chi connectivity index (χ1) is 11.8. The third kappa shape index (κ3) is 2.94. The van der Waals surface area contributed by atoms with Gasteiger partial charge in [0.2, 0.25) is 0 Å². The molecule has 2 heterocycles. The summed E-state index contributed by atoms with van der Waals surface area (Å²) in [6.07, 6.45) is 7.41. The summed E-state index contributed by atoms with van der Waals surface area (Å²) in [6, 6.07) is 7.08. The zero-order chi connectivity index (χ0) is 17.7. The molecule has 1 aliphatic carbocycles. The van der Waals surface area contributed by atoms with E-state index in [9.17, 15) is 8.42 Å². The van der Waals surface area contributed by atoms with E-state index in [1.165, 1.54) is 32.1 Å². The van der Waals surface area contributed by atoms with Gasteiger partial charge >= 0.3 is 6.02 Å². The first-order valence-corrected chi connectivity index (χ1v) is 10.6. The van der Waals surface area contributed by atoms with Gasteiger partial charge in [-0.15, -0.1) is 4.40 Å². The summed E-state index contributed by atoms with van der Waals surface area (Å²) < 4.78 is 35.1. The summed E-state index contributed by atoms with van der Waals surface area (Å²) >= 11 is 0. The van der Waals surface area contributed by atoms with Gasteiger partial charge in [-0.2, -0.15) is 8.42 Å². The Morgan fingerprint density at radius 2 is 1.80 bits per heavy atom. The first-order valence-electron chi connectivity index (χ1n) is 9.14. The number of amidine groups is 1. The molecule has 1 spiro atoms. The van der Waals surface area contributed by atoms with E-state index in [1.807, 2.05) is 6.92 Å². The molecule has 0 N–H and O–H groups in total. The number of benzene rings is 1. The molecular weight excluding hydrogens is 336 g/mol. The second kappa shape index (κ2) is 5.73. The van der Waals surface area contributed by atoms with Crippen LogP contribution in [0.15, 0.2) is 33.6 Å². The number of rotatable bonds is 2. The molecule has 4 rings (SSSR count). The minimum absolute atomic E-state index is 0.126. The van der Waals surface area contributed by atoms with Crippen LogP contribution in [0.3, 0.4) is 0 Å². The normalized spacial score (nSPS) is 29.8. The average molecular weight is 362 g/mol. The fourth-order valence-corrected chi connectivity index (χ4v) is 5.73. The maximum atomic E-state index is 12.7. The number of aryl methyl sites for hydroxylation is 1. The van der Waals surface area contributed by atoms with Crippen molar-refractivity contribution in [2.45, 2.75) is 62.8 Å². The lowest BCUT2D eigenvalue weighted by atomic mass is 9.71. The van der Waals surface area contributed by atoms with E-state index in [2.05, 4.69) is 16.2 Å². The van der Waals surface area contributed by atoms with Crippen molar-refractivity contribution in [2.75, 3.05) is 13.2 Å². The fraction of sp³-hybridized carbons (Fsp3) is 0.632. The number of hydrogen-bond acceptors (Lipinski definition) is 3. The van der Waals surface area contributed by atoms with Crippen molar-refractivity contribution in [1.82, 2.24) is 4.90 Å². The largest absolute Gasteiger partial charge is 0.462 e. The van der Waals surface area contributed by atoms with Gasteiger partial charge in [0.1, 0.15) is 6.61 Å². The van der Waals surface area contributed by atoms with Crippen molar-refractivity contribution in [3.63, 3.8) is 0 Å². The van der Waals surface area contributed by atoms with Gasteiger partial charge in [-0.3, -0.25) is 0 Å². The third-order valence-corrected chi connectivity index (χ3v) is 7.34. The van der Waals surface area contributed by atoms with Gasteiger partial charge in [0.05, 0.1) is 10.4 Å². The van der Waals surface area contributed by atoms with Gasteiger partial charge in [0.15, 0.2) is 0 Å². The minimum atomic E-state index is -3.75. The van der Waals surface area contributed by atoms with Crippen molar-refractivity contribution in [2.24, 2.45) is 9.81 Å². The van der Waals surface area contributed by atoms with Gasteiger partial charge in [0, 0.05) is 6.54 Å². The van der Waals surface area contributed by atoms with E-state index >= 15 is 0 Å². The Labute approximate surface area is 150 Å². The molecule has 0 bridgehead atoms. The Morgan fingerprint density at radius 3 is 2.48 bits per heavy atom. The molecule has 0 aromatic heterocycles. The van der Waals surface area contributed by atoms with Crippen LogP contribution in [0.4, 0.5) is 0 Å². The molecular formula is C19H26N2O3S. The predicted molar refractivity (Wildman–Crippen MR) is 97.0 cm³/mol. The van der Waals surface area contributed by atoms with Gasteiger partial charge in [-0.05, 0) is 50.7 Å². The Hall–Kier alpha value is -1.56. The zero-order valence-electron chi connectivity index (χ0n) is 15.0. The van der Waals surface area contributed by atoms with E-state index < -0.39 is 10.0 Å². The van der Waals surface area contributed by atoms with Crippen LogP contribution in [-0.2, 0) is 14.8 Å². The van der Waals surface area contributed by atoms with Crippen molar-refractivity contribution in [1.29, 1.82) is 0 Å². The molecule has 25 heavy (non-hydrogen) atoms. The van der Waals surface area contributed by atoms with Crippen LogP contribution in [0.25, 0.3) is 0 Å². The van der Waals surface area contributed by atoms with Crippen molar-refractivity contribution in [3.8, 4) is 0 Å². The molecule has 1 aromatic rings. The highest BCUT2D eigenvalue weighted by Gasteiger charge is 2.56. The zero-order valence-corrected chi connectivity index (χ0v) is 15.8. The molecule has 2 aliphatic heterocycles. The van der Waals surface area contributed by atoms with Crippen LogP contribution in [-0.4, -0.2) is 38.0 Å². The Morgan fingerprint density at radius 1 is 1.12 bits per heavy atom. The predicted octanol–water partition coefficient (Wildman–Crippen LogP) is 3.48. The highest BCUT2D eigenvalue weighted by atomic mass is 32.2. The quantitative estimate of drug-likeness (QED) is 0.808. The molecule has 3 aliphatic rings. The highest BCUT2D eigenvalue weighted by molar-refractivity contribution is 7.90. The highest BCUT2D eigenvalue weighted by Crippen LogP contribution is 2.52. The molecule has 1 unspecified atom stereocenters. The Balaban J connectivity index is 1.63. The second-order valence-electron chi connectivity index (χ2n) is 8.27. The number of hydrogen-bond donors (Lipinski definition) is 0. The van der Waals surface area contributed by atoms with Crippen LogP contribution in [0.2, 0.25) is 0 Å². The minimum Gasteiger partial charge on any atom is -0.462 e. The SMILES string of the molecule is Cc1ccc(S(=O)(=O)/N=C2/OCC3(C)CC4(CCCCC4)CN23)cc1. The molecule has 5 nitrogen and oxygen atoms in total. The smallest absolute Gasteiger partial charge is 0.304 e.